The Morgan fingerprint density at radius 3 is 2.38 bits per heavy atom. The van der Waals surface area contributed by atoms with Gasteiger partial charge in [-0.25, -0.2) is 4.79 Å². The molecule has 2 aromatic heterocycles. The van der Waals surface area contributed by atoms with Crippen molar-refractivity contribution in [1.82, 2.24) is 25.3 Å². The summed E-state index contributed by atoms with van der Waals surface area (Å²) in [6.07, 6.45) is 0.967. The number of carboxylic acid groups (broad SMARTS) is 1. The van der Waals surface area contributed by atoms with Crippen LogP contribution in [0.5, 0.6) is 0 Å². The second-order valence-corrected chi connectivity index (χ2v) is 8.95. The van der Waals surface area contributed by atoms with Crippen LogP contribution in [0.3, 0.4) is 0 Å². The number of aromatic nitrogens is 4. The molecule has 3 heterocycles. The van der Waals surface area contributed by atoms with E-state index in [4.69, 9.17) is 9.90 Å². The Hall–Kier alpha value is -4.34. The van der Waals surface area contributed by atoms with E-state index in [1.54, 1.807) is 0 Å². The highest BCUT2D eigenvalue weighted by molar-refractivity contribution is 5.94. The molecule has 0 unspecified atom stereocenters. The number of aromatic amines is 1. The summed E-state index contributed by atoms with van der Waals surface area (Å²) in [6, 6.07) is 10.0. The summed E-state index contributed by atoms with van der Waals surface area (Å²) in [5.74, 6) is -2.83. The SMILES string of the molecule is Cc1n[nH]cc1-c1cnn(C2(CC#N)CN(c3ccc(C(=O)NC(C)C)cc3)C2)c1.O=C(O)C(F)(F)F. The van der Waals surface area contributed by atoms with Crippen molar-refractivity contribution < 1.29 is 27.9 Å². The van der Waals surface area contributed by atoms with E-state index >= 15 is 0 Å². The fourth-order valence-corrected chi connectivity index (χ4v) is 3.87. The Kier molecular flexibility index (Phi) is 7.90. The van der Waals surface area contributed by atoms with Crippen molar-refractivity contribution in [3.8, 4) is 17.2 Å². The average molecular weight is 518 g/mol. The number of nitrogens with zero attached hydrogens (tertiary/aromatic N) is 5. The van der Waals surface area contributed by atoms with Gasteiger partial charge in [0.05, 0.1) is 24.4 Å². The molecule has 37 heavy (non-hydrogen) atoms. The standard InChI is InChI=1S/C22H25N7O.C2HF3O2/c1-15(2)26-21(30)17-4-6-19(7-5-17)28-13-22(14-28,8-9-23)29-12-18(10-25-29)20-11-24-27-16(20)3;3-2(4,5)1(6)7/h4-7,10-12,15H,8,13-14H2,1-3H3,(H,24,27)(H,26,30);(H,6,7). The molecule has 1 amide bonds. The highest BCUT2D eigenvalue weighted by Crippen LogP contribution is 2.37. The lowest BCUT2D eigenvalue weighted by atomic mass is 9.86. The molecule has 13 heteroatoms. The first-order valence-electron chi connectivity index (χ1n) is 11.2. The van der Waals surface area contributed by atoms with E-state index in [1.165, 1.54) is 0 Å². The first kappa shape index (κ1) is 27.3. The van der Waals surface area contributed by atoms with Crippen molar-refractivity contribution in [2.75, 3.05) is 18.0 Å². The van der Waals surface area contributed by atoms with Gasteiger partial charge in [0.1, 0.15) is 5.54 Å². The molecule has 0 atom stereocenters. The van der Waals surface area contributed by atoms with Gasteiger partial charge in [-0.3, -0.25) is 14.6 Å². The maximum Gasteiger partial charge on any atom is 0.490 e. The smallest absolute Gasteiger partial charge is 0.475 e. The Balaban J connectivity index is 0.000000479. The summed E-state index contributed by atoms with van der Waals surface area (Å²) in [4.78, 5) is 23.2. The first-order valence-corrected chi connectivity index (χ1v) is 11.2. The van der Waals surface area contributed by atoms with Crippen LogP contribution in [0.2, 0.25) is 0 Å². The Bertz CT molecular complexity index is 1280. The molecule has 4 rings (SSSR count). The fourth-order valence-electron chi connectivity index (χ4n) is 3.87. The molecule has 1 aromatic carbocycles. The van der Waals surface area contributed by atoms with Crippen LogP contribution in [0.4, 0.5) is 18.9 Å². The van der Waals surface area contributed by atoms with E-state index in [0.717, 1.165) is 22.5 Å². The first-order chi connectivity index (χ1) is 17.4. The molecule has 10 nitrogen and oxygen atoms in total. The monoisotopic (exact) mass is 517 g/mol. The summed E-state index contributed by atoms with van der Waals surface area (Å²) >= 11 is 0. The molecule has 196 valence electrons. The van der Waals surface area contributed by atoms with E-state index in [9.17, 15) is 23.2 Å². The zero-order chi connectivity index (χ0) is 27.4. The number of benzene rings is 1. The largest absolute Gasteiger partial charge is 0.490 e. The van der Waals surface area contributed by atoms with Gasteiger partial charge in [-0.15, -0.1) is 0 Å². The minimum Gasteiger partial charge on any atom is -0.475 e. The number of rotatable bonds is 6. The van der Waals surface area contributed by atoms with E-state index in [1.807, 2.05) is 68.3 Å². The molecule has 0 radical (unpaired) electrons. The predicted octanol–water partition coefficient (Wildman–Crippen LogP) is 3.48. The molecule has 1 saturated heterocycles. The van der Waals surface area contributed by atoms with E-state index in [2.05, 4.69) is 31.6 Å². The van der Waals surface area contributed by atoms with Gasteiger partial charge in [-0.1, -0.05) is 0 Å². The molecular weight excluding hydrogens is 491 g/mol. The van der Waals surface area contributed by atoms with Crippen molar-refractivity contribution in [3.05, 3.63) is 54.1 Å². The third-order valence-corrected chi connectivity index (χ3v) is 5.75. The molecule has 1 aliphatic heterocycles. The second-order valence-electron chi connectivity index (χ2n) is 8.95. The van der Waals surface area contributed by atoms with E-state index in [0.29, 0.717) is 25.1 Å². The molecule has 0 saturated carbocycles. The van der Waals surface area contributed by atoms with Gasteiger partial charge in [-0.2, -0.15) is 28.6 Å². The van der Waals surface area contributed by atoms with Gasteiger partial charge in [-0.05, 0) is 45.0 Å². The van der Waals surface area contributed by atoms with Gasteiger partial charge in [0.15, 0.2) is 0 Å². The van der Waals surface area contributed by atoms with Crippen molar-refractivity contribution in [3.63, 3.8) is 0 Å². The Morgan fingerprint density at radius 1 is 1.27 bits per heavy atom. The lowest BCUT2D eigenvalue weighted by Gasteiger charge is -2.50. The van der Waals surface area contributed by atoms with E-state index < -0.39 is 12.1 Å². The summed E-state index contributed by atoms with van der Waals surface area (Å²) in [6.45, 7) is 7.20. The molecule has 0 bridgehead atoms. The van der Waals surface area contributed by atoms with Gasteiger partial charge < -0.3 is 15.3 Å². The van der Waals surface area contributed by atoms with Crippen molar-refractivity contribution in [2.24, 2.45) is 0 Å². The maximum absolute atomic E-state index is 12.1. The van der Waals surface area contributed by atoms with Gasteiger partial charge in [0.2, 0.25) is 0 Å². The molecule has 0 spiro atoms. The number of amides is 1. The number of carboxylic acids is 1. The van der Waals surface area contributed by atoms with Crippen LogP contribution in [0.25, 0.3) is 11.1 Å². The number of hydrogen-bond acceptors (Lipinski definition) is 6. The number of carbonyl (C=O) groups is 2. The van der Waals surface area contributed by atoms with Gasteiger partial charge >= 0.3 is 12.1 Å². The lowest BCUT2D eigenvalue weighted by molar-refractivity contribution is -0.192. The minimum atomic E-state index is -5.08. The minimum absolute atomic E-state index is 0.0717. The number of aliphatic carboxylic acids is 1. The number of anilines is 1. The lowest BCUT2D eigenvalue weighted by Crippen LogP contribution is -2.63. The zero-order valence-electron chi connectivity index (χ0n) is 20.4. The van der Waals surface area contributed by atoms with Crippen molar-refractivity contribution in [1.29, 1.82) is 5.26 Å². The fraction of sp³-hybridized carbons (Fsp3) is 0.375. The van der Waals surface area contributed by atoms with Crippen molar-refractivity contribution >= 4 is 17.6 Å². The van der Waals surface area contributed by atoms with Crippen LogP contribution in [-0.4, -0.2) is 62.3 Å². The number of nitrogens with one attached hydrogen (secondary N) is 2. The normalized spacial score (nSPS) is 14.3. The summed E-state index contributed by atoms with van der Waals surface area (Å²) in [5, 5.41) is 31.0. The van der Waals surface area contributed by atoms with Crippen LogP contribution in [0, 0.1) is 18.3 Å². The Morgan fingerprint density at radius 2 is 1.89 bits per heavy atom. The number of hydrogen-bond donors (Lipinski definition) is 3. The molecule has 1 aliphatic rings. The number of H-pyrrole nitrogens is 1. The topological polar surface area (TPSA) is 140 Å². The van der Waals surface area contributed by atoms with Gasteiger partial charge in [0.25, 0.3) is 5.91 Å². The molecule has 0 aliphatic carbocycles. The van der Waals surface area contributed by atoms with Crippen molar-refractivity contribution in [2.45, 2.75) is 44.9 Å². The van der Waals surface area contributed by atoms with Gasteiger partial charge in [0, 0.05) is 53.9 Å². The Labute approximate surface area is 210 Å². The average Bonchev–Trinajstić information content (AvgIpc) is 3.44. The summed E-state index contributed by atoms with van der Waals surface area (Å²) < 4.78 is 33.7. The number of halogens is 3. The van der Waals surface area contributed by atoms with E-state index in [-0.39, 0.29) is 17.5 Å². The number of alkyl halides is 3. The van der Waals surface area contributed by atoms with Crippen LogP contribution in [0.15, 0.2) is 42.9 Å². The molecule has 3 aromatic rings. The maximum atomic E-state index is 12.1. The molecular formula is C24H26F3N7O3. The zero-order valence-corrected chi connectivity index (χ0v) is 20.4. The molecule has 3 N–H and O–H groups in total. The highest BCUT2D eigenvalue weighted by Gasteiger charge is 2.45. The molecule has 1 fully saturated rings. The third-order valence-electron chi connectivity index (χ3n) is 5.75. The number of carbonyl (C=O) groups excluding carboxylic acids is 1. The van der Waals surface area contributed by atoms with Crippen LogP contribution >= 0.6 is 0 Å². The van der Waals surface area contributed by atoms with Crippen LogP contribution < -0.4 is 10.2 Å². The number of aryl methyl sites for hydroxylation is 1. The van der Waals surface area contributed by atoms with Crippen LogP contribution in [0.1, 0.15) is 36.3 Å². The van der Waals surface area contributed by atoms with Crippen LogP contribution in [-0.2, 0) is 10.3 Å². The summed E-state index contributed by atoms with van der Waals surface area (Å²) in [5.41, 5.74) is 4.22. The summed E-state index contributed by atoms with van der Waals surface area (Å²) in [7, 11) is 0. The second kappa shape index (κ2) is 10.7. The predicted molar refractivity (Wildman–Crippen MR) is 128 cm³/mol. The number of nitriles is 1. The quantitative estimate of drug-likeness (QED) is 0.455. The third kappa shape index (κ3) is 6.27. The highest BCUT2D eigenvalue weighted by atomic mass is 19.4.